The Bertz CT molecular complexity index is 1670. The predicted molar refractivity (Wildman–Crippen MR) is 153 cm³/mol. The molecule has 204 valence electrons. The fourth-order valence-corrected chi connectivity index (χ4v) is 4.56. The molecule has 8 heteroatoms. The summed E-state index contributed by atoms with van der Waals surface area (Å²) in [6.07, 6.45) is 2.53. The zero-order chi connectivity index (χ0) is 28.6. The summed E-state index contributed by atoms with van der Waals surface area (Å²) >= 11 is 0. The Labute approximate surface area is 231 Å². The molecule has 0 fully saturated rings. The van der Waals surface area contributed by atoms with Gasteiger partial charge in [-0.3, -0.25) is 14.4 Å². The third-order valence-electron chi connectivity index (χ3n) is 6.55. The molecule has 0 unspecified atom stereocenters. The number of aromatic carboxylic acids is 1. The molecule has 0 spiro atoms. The molecule has 0 aromatic heterocycles. The van der Waals surface area contributed by atoms with E-state index in [1.807, 2.05) is 25.1 Å². The molecule has 0 saturated carbocycles. The molecule has 2 aromatic carbocycles. The van der Waals surface area contributed by atoms with E-state index >= 15 is 0 Å². The minimum Gasteiger partial charge on any atom is -0.478 e. The number of unbranched alkanes of at least 4 members (excludes halogenated alkanes) is 2. The quantitative estimate of drug-likeness (QED) is 0.148. The van der Waals surface area contributed by atoms with Gasteiger partial charge in [-0.25, -0.2) is 4.79 Å². The summed E-state index contributed by atoms with van der Waals surface area (Å²) in [7, 11) is 0. The molecule has 1 heterocycles. The zero-order valence-corrected chi connectivity index (χ0v) is 22.4. The molecule has 8 nitrogen and oxygen atoms in total. The SMILES string of the molecule is CC#CCNC(=O)CCCCCNC(=O)c1ccc(-c2c3ccc(=O)cc-3oc3cc(C)ccc23)c(C(=O)O)c1. The minimum absolute atomic E-state index is 0.0352. The van der Waals surface area contributed by atoms with Gasteiger partial charge in [-0.2, -0.15) is 0 Å². The van der Waals surface area contributed by atoms with Gasteiger partial charge in [-0.15, -0.1) is 5.92 Å². The van der Waals surface area contributed by atoms with Crippen LogP contribution in [-0.4, -0.2) is 36.0 Å². The molecule has 2 aliphatic rings. The van der Waals surface area contributed by atoms with Crippen LogP contribution in [-0.2, 0) is 4.79 Å². The molecule has 0 atom stereocenters. The average Bonchev–Trinajstić information content (AvgIpc) is 2.93. The highest BCUT2D eigenvalue weighted by Crippen LogP contribution is 2.41. The van der Waals surface area contributed by atoms with Crippen LogP contribution >= 0.6 is 0 Å². The lowest BCUT2D eigenvalue weighted by molar-refractivity contribution is -0.120. The fraction of sp³-hybridized carbons (Fsp3) is 0.250. The van der Waals surface area contributed by atoms with Gasteiger partial charge in [0.05, 0.1) is 12.1 Å². The van der Waals surface area contributed by atoms with Crippen molar-refractivity contribution >= 4 is 28.8 Å². The standard InChI is InChI=1S/C32H30N2O6/c1-3-4-15-33-29(36)8-6-5-7-16-34-31(37)21-10-13-23(26(18-21)32(38)39)30-24-12-9-20(2)17-27(24)40-28-19-22(35)11-14-25(28)30/h9-14,17-19H,5-8,15-16H2,1-2H3,(H,33,36)(H,34,37)(H,38,39). The third-order valence-corrected chi connectivity index (χ3v) is 6.55. The molecule has 1 aliphatic carbocycles. The first-order valence-electron chi connectivity index (χ1n) is 13.1. The second-order valence-corrected chi connectivity index (χ2v) is 9.47. The normalized spacial score (nSPS) is 10.7. The molecule has 2 aromatic rings. The Balaban J connectivity index is 1.53. The van der Waals surface area contributed by atoms with E-state index in [1.165, 1.54) is 18.2 Å². The summed E-state index contributed by atoms with van der Waals surface area (Å²) in [6, 6.07) is 14.6. The van der Waals surface area contributed by atoms with Crippen molar-refractivity contribution in [2.45, 2.75) is 39.5 Å². The Morgan fingerprint density at radius 2 is 1.73 bits per heavy atom. The van der Waals surface area contributed by atoms with Gasteiger partial charge in [-0.05, 0) is 68.1 Å². The van der Waals surface area contributed by atoms with Gasteiger partial charge < -0.3 is 20.2 Å². The van der Waals surface area contributed by atoms with E-state index in [4.69, 9.17) is 4.42 Å². The fourth-order valence-electron chi connectivity index (χ4n) is 4.56. The number of fused-ring (bicyclic) bond motifs is 2. The molecule has 4 rings (SSSR count). The van der Waals surface area contributed by atoms with E-state index in [0.29, 0.717) is 65.8 Å². The summed E-state index contributed by atoms with van der Waals surface area (Å²) in [5.41, 5.74) is 3.09. The van der Waals surface area contributed by atoms with Crippen molar-refractivity contribution in [3.8, 4) is 34.3 Å². The van der Waals surface area contributed by atoms with Crippen molar-refractivity contribution in [3.63, 3.8) is 0 Å². The number of amides is 2. The second-order valence-electron chi connectivity index (χ2n) is 9.47. The topological polar surface area (TPSA) is 126 Å². The Morgan fingerprint density at radius 1 is 0.925 bits per heavy atom. The van der Waals surface area contributed by atoms with Gasteiger partial charge in [0.15, 0.2) is 5.43 Å². The lowest BCUT2D eigenvalue weighted by Gasteiger charge is -2.17. The number of benzene rings is 3. The van der Waals surface area contributed by atoms with E-state index in [1.54, 1.807) is 25.1 Å². The molecule has 0 saturated heterocycles. The van der Waals surface area contributed by atoms with Crippen LogP contribution in [0.5, 0.6) is 0 Å². The number of aryl methyl sites for hydroxylation is 1. The Hall–Kier alpha value is -4.90. The van der Waals surface area contributed by atoms with Crippen LogP contribution in [0.3, 0.4) is 0 Å². The lowest BCUT2D eigenvalue weighted by Crippen LogP contribution is -2.25. The highest BCUT2D eigenvalue weighted by atomic mass is 16.4. The number of carbonyl (C=O) groups excluding carboxylic acids is 2. The van der Waals surface area contributed by atoms with Crippen LogP contribution in [0, 0.1) is 18.8 Å². The maximum atomic E-state index is 12.8. The molecule has 1 aliphatic heterocycles. The van der Waals surface area contributed by atoms with Crippen LogP contribution in [0.2, 0.25) is 0 Å². The van der Waals surface area contributed by atoms with Crippen molar-refractivity contribution in [2.24, 2.45) is 0 Å². The van der Waals surface area contributed by atoms with Crippen LogP contribution in [0.25, 0.3) is 33.4 Å². The van der Waals surface area contributed by atoms with Gasteiger partial charge in [0.1, 0.15) is 11.3 Å². The van der Waals surface area contributed by atoms with Crippen molar-refractivity contribution < 1.29 is 23.9 Å². The lowest BCUT2D eigenvalue weighted by atomic mass is 9.89. The van der Waals surface area contributed by atoms with Gasteiger partial charge in [0.25, 0.3) is 5.91 Å². The van der Waals surface area contributed by atoms with E-state index in [-0.39, 0.29) is 28.4 Å². The number of nitrogens with one attached hydrogen (secondary N) is 2. The molecule has 2 amide bonds. The Kier molecular flexibility index (Phi) is 8.97. The molecular formula is C32H30N2O6. The van der Waals surface area contributed by atoms with Gasteiger partial charge in [0.2, 0.25) is 5.91 Å². The molecule has 3 N–H and O–H groups in total. The monoisotopic (exact) mass is 538 g/mol. The number of carboxylic acid groups (broad SMARTS) is 1. The summed E-state index contributed by atoms with van der Waals surface area (Å²) < 4.78 is 6.00. The van der Waals surface area contributed by atoms with Gasteiger partial charge >= 0.3 is 5.97 Å². The van der Waals surface area contributed by atoms with E-state index in [2.05, 4.69) is 22.5 Å². The van der Waals surface area contributed by atoms with Crippen molar-refractivity contribution in [3.05, 3.63) is 81.5 Å². The van der Waals surface area contributed by atoms with Crippen LogP contribution in [0.15, 0.2) is 63.8 Å². The summed E-state index contributed by atoms with van der Waals surface area (Å²) in [4.78, 5) is 48.9. The third kappa shape index (κ3) is 6.56. The minimum atomic E-state index is -1.18. The average molecular weight is 539 g/mol. The first-order chi connectivity index (χ1) is 19.3. The van der Waals surface area contributed by atoms with Crippen LogP contribution < -0.4 is 16.1 Å². The van der Waals surface area contributed by atoms with E-state index < -0.39 is 5.97 Å². The number of hydrogen-bond acceptors (Lipinski definition) is 5. The van der Waals surface area contributed by atoms with Crippen molar-refractivity contribution in [2.75, 3.05) is 13.1 Å². The smallest absolute Gasteiger partial charge is 0.336 e. The molecule has 40 heavy (non-hydrogen) atoms. The number of hydrogen-bond donors (Lipinski definition) is 3. The summed E-state index contributed by atoms with van der Waals surface area (Å²) in [6.45, 7) is 4.38. The number of carbonyl (C=O) groups is 3. The highest BCUT2D eigenvalue weighted by molar-refractivity contribution is 6.09. The van der Waals surface area contributed by atoms with E-state index in [0.717, 1.165) is 12.0 Å². The van der Waals surface area contributed by atoms with Gasteiger partial charge in [-0.1, -0.05) is 30.5 Å². The Morgan fingerprint density at radius 3 is 2.50 bits per heavy atom. The summed E-state index contributed by atoms with van der Waals surface area (Å²) in [5, 5.41) is 16.3. The maximum Gasteiger partial charge on any atom is 0.336 e. The highest BCUT2D eigenvalue weighted by Gasteiger charge is 2.23. The molecule has 0 bridgehead atoms. The second kappa shape index (κ2) is 12.8. The first kappa shape index (κ1) is 28.1. The number of carboxylic acids is 1. The largest absolute Gasteiger partial charge is 0.478 e. The molecule has 0 radical (unpaired) electrons. The first-order valence-corrected chi connectivity index (χ1v) is 13.1. The molecular weight excluding hydrogens is 508 g/mol. The van der Waals surface area contributed by atoms with Crippen molar-refractivity contribution in [1.82, 2.24) is 10.6 Å². The predicted octanol–water partition coefficient (Wildman–Crippen LogP) is 5.00. The van der Waals surface area contributed by atoms with Gasteiger partial charge in [0, 0.05) is 41.1 Å². The van der Waals surface area contributed by atoms with Crippen LogP contribution in [0.4, 0.5) is 0 Å². The van der Waals surface area contributed by atoms with E-state index in [9.17, 15) is 24.3 Å². The maximum absolute atomic E-state index is 12.8. The summed E-state index contributed by atoms with van der Waals surface area (Å²) in [5.74, 6) is 4.24. The zero-order valence-electron chi connectivity index (χ0n) is 22.4. The number of rotatable bonds is 10. The van der Waals surface area contributed by atoms with Crippen molar-refractivity contribution in [1.29, 1.82) is 0 Å². The van der Waals surface area contributed by atoms with Crippen LogP contribution in [0.1, 0.15) is 58.9 Å².